The number of carbonyl (C=O) groups is 2. The van der Waals surface area contributed by atoms with E-state index in [1.807, 2.05) is 0 Å². The van der Waals surface area contributed by atoms with Gasteiger partial charge in [-0.2, -0.15) is 0 Å². The van der Waals surface area contributed by atoms with E-state index in [-0.39, 0.29) is 25.2 Å². The summed E-state index contributed by atoms with van der Waals surface area (Å²) in [6, 6.07) is 0. The van der Waals surface area contributed by atoms with Crippen molar-refractivity contribution in [1.29, 1.82) is 0 Å². The van der Waals surface area contributed by atoms with Gasteiger partial charge in [-0.15, -0.1) is 0 Å². The van der Waals surface area contributed by atoms with E-state index >= 15 is 0 Å². The second-order valence-corrected chi connectivity index (χ2v) is 18.4. The summed E-state index contributed by atoms with van der Waals surface area (Å²) in [6.07, 6.45) is 89.8. The fraction of sp³-hybridized carbons (Fsp3) is 0.582. The van der Waals surface area contributed by atoms with Crippen molar-refractivity contribution in [3.8, 4) is 0 Å². The van der Waals surface area contributed by atoms with Crippen molar-refractivity contribution >= 4 is 11.9 Å². The third-order valence-corrected chi connectivity index (χ3v) is 11.5. The lowest BCUT2D eigenvalue weighted by Crippen LogP contribution is -2.30. The van der Waals surface area contributed by atoms with Gasteiger partial charge in [0.1, 0.15) is 6.61 Å². The summed E-state index contributed by atoms with van der Waals surface area (Å²) in [5, 5.41) is 0. The quantitative estimate of drug-likeness (QED) is 0.0345. The van der Waals surface area contributed by atoms with Crippen LogP contribution >= 0.6 is 0 Å². The number of allylic oxidation sites excluding steroid dienone is 26. The number of hydrogen-bond donors (Lipinski definition) is 0. The highest BCUT2D eigenvalue weighted by molar-refractivity contribution is 5.70. The second-order valence-electron chi connectivity index (χ2n) is 18.4. The van der Waals surface area contributed by atoms with Crippen molar-refractivity contribution in [3.05, 3.63) is 158 Å². The Balaban J connectivity index is 4.45. The van der Waals surface area contributed by atoms with E-state index in [0.29, 0.717) is 25.9 Å². The molecule has 5 nitrogen and oxygen atoms in total. The molecule has 1 unspecified atom stereocenters. The maximum Gasteiger partial charge on any atom is 0.306 e. The summed E-state index contributed by atoms with van der Waals surface area (Å²) in [4.78, 5) is 25.5. The summed E-state index contributed by atoms with van der Waals surface area (Å²) < 4.78 is 17.4. The Hall–Kier alpha value is -4.48. The molecule has 0 amide bonds. The summed E-state index contributed by atoms with van der Waals surface area (Å²) in [6.45, 7) is 7.37. The maximum atomic E-state index is 12.9. The first-order valence-corrected chi connectivity index (χ1v) is 29.0. The molecule has 0 aliphatic heterocycles. The third-order valence-electron chi connectivity index (χ3n) is 11.5. The SMILES string of the molecule is CC/C=C\C/C=C\C/C=C\C/C=C\C/C=C\CCCC(=O)OC(COCCCCCCCCC/C=C\C/C=C\C/C=C\C/C=C\CC)COC(=O)CCCCCCCC/C=C\C/C=C\C/C=C\C/C=C\CC. The molecule has 0 aliphatic rings. The van der Waals surface area contributed by atoms with Crippen molar-refractivity contribution in [2.45, 2.75) is 232 Å². The molecule has 0 heterocycles. The third kappa shape index (κ3) is 58.1. The standard InChI is InChI=1S/C67H106O5/c1-4-7-10-13-16-19-22-25-28-31-33-35-38-41-44-47-50-53-56-59-62-70-63-65(72-67(69)61-58-55-52-49-46-43-40-36-30-27-24-21-18-15-12-9-6-3)64-71-66(68)60-57-54-51-48-45-42-39-37-34-32-29-26-23-20-17-14-11-8-5-2/h7-12,16-21,25-30,33-35,37,40,43,49,52,65H,4-6,13-15,22-24,31-32,36,38-39,41-42,44-48,50-51,53-64H2,1-3H3/b10-7-,11-8-,12-9-,19-16-,20-17-,21-18-,28-25-,29-26-,30-27-,35-33-,37-34-,43-40-,52-49-. The van der Waals surface area contributed by atoms with Crippen LogP contribution in [0.25, 0.3) is 0 Å². The molecule has 0 aromatic heterocycles. The van der Waals surface area contributed by atoms with Gasteiger partial charge in [-0.05, 0) is 135 Å². The molecule has 0 aromatic rings. The largest absolute Gasteiger partial charge is 0.462 e. The minimum atomic E-state index is -0.592. The number of ether oxygens (including phenoxy) is 3. The van der Waals surface area contributed by atoms with Crippen molar-refractivity contribution < 1.29 is 23.8 Å². The lowest BCUT2D eigenvalue weighted by atomic mass is 10.1. The first kappa shape index (κ1) is 67.5. The van der Waals surface area contributed by atoms with Crippen LogP contribution in [0.15, 0.2) is 158 Å². The fourth-order valence-electron chi connectivity index (χ4n) is 7.35. The average Bonchev–Trinajstić information content (AvgIpc) is 3.38. The number of unbranched alkanes of at least 4 members (excludes halogenated alkanes) is 14. The van der Waals surface area contributed by atoms with Crippen molar-refractivity contribution in [1.82, 2.24) is 0 Å². The normalized spacial score (nSPS) is 13.4. The minimum Gasteiger partial charge on any atom is -0.462 e. The summed E-state index contributed by atoms with van der Waals surface area (Å²) in [5.41, 5.74) is 0. The van der Waals surface area contributed by atoms with Crippen LogP contribution in [0, 0.1) is 0 Å². The van der Waals surface area contributed by atoms with Gasteiger partial charge in [0.2, 0.25) is 0 Å². The molecular weight excluding hydrogens is 885 g/mol. The zero-order valence-electron chi connectivity index (χ0n) is 46.4. The van der Waals surface area contributed by atoms with Crippen LogP contribution < -0.4 is 0 Å². The van der Waals surface area contributed by atoms with Crippen molar-refractivity contribution in [2.24, 2.45) is 0 Å². The molecule has 0 fully saturated rings. The first-order valence-electron chi connectivity index (χ1n) is 29.0. The molecule has 0 saturated heterocycles. The van der Waals surface area contributed by atoms with Crippen LogP contribution in [0.2, 0.25) is 0 Å². The van der Waals surface area contributed by atoms with E-state index in [1.165, 1.54) is 51.4 Å². The molecule has 0 rings (SSSR count). The maximum absolute atomic E-state index is 12.9. The topological polar surface area (TPSA) is 61.8 Å². The van der Waals surface area contributed by atoms with Crippen LogP contribution in [0.5, 0.6) is 0 Å². The van der Waals surface area contributed by atoms with Crippen LogP contribution in [0.1, 0.15) is 226 Å². The average molecular weight is 992 g/mol. The fourth-order valence-corrected chi connectivity index (χ4v) is 7.35. The summed E-state index contributed by atoms with van der Waals surface area (Å²) in [5.74, 6) is -0.497. The highest BCUT2D eigenvalue weighted by atomic mass is 16.6. The zero-order chi connectivity index (χ0) is 52.0. The predicted molar refractivity (Wildman–Crippen MR) is 315 cm³/mol. The Morgan fingerprint density at radius 2 is 0.597 bits per heavy atom. The van der Waals surface area contributed by atoms with Gasteiger partial charge in [0, 0.05) is 19.4 Å². The van der Waals surface area contributed by atoms with Gasteiger partial charge in [-0.3, -0.25) is 9.59 Å². The van der Waals surface area contributed by atoms with Crippen LogP contribution in [0.3, 0.4) is 0 Å². The molecule has 1 atom stereocenters. The van der Waals surface area contributed by atoms with Crippen molar-refractivity contribution in [3.63, 3.8) is 0 Å². The molecule has 0 aliphatic carbocycles. The Kier molecular flexibility index (Phi) is 57.0. The molecule has 0 bridgehead atoms. The molecule has 0 N–H and O–H groups in total. The van der Waals surface area contributed by atoms with E-state index in [2.05, 4.69) is 179 Å². The van der Waals surface area contributed by atoms with Crippen LogP contribution in [-0.4, -0.2) is 37.9 Å². The lowest BCUT2D eigenvalue weighted by molar-refractivity contribution is -0.162. The van der Waals surface area contributed by atoms with E-state index < -0.39 is 6.10 Å². The lowest BCUT2D eigenvalue weighted by Gasteiger charge is -2.18. The molecule has 72 heavy (non-hydrogen) atoms. The van der Waals surface area contributed by atoms with Gasteiger partial charge in [0.15, 0.2) is 6.10 Å². The molecule has 0 saturated carbocycles. The number of hydrogen-bond acceptors (Lipinski definition) is 5. The van der Waals surface area contributed by atoms with Gasteiger partial charge in [-0.25, -0.2) is 0 Å². The van der Waals surface area contributed by atoms with E-state index in [9.17, 15) is 9.59 Å². The summed E-state index contributed by atoms with van der Waals surface area (Å²) >= 11 is 0. The van der Waals surface area contributed by atoms with Crippen LogP contribution in [0.4, 0.5) is 0 Å². The van der Waals surface area contributed by atoms with Gasteiger partial charge < -0.3 is 14.2 Å². The number of rotatable bonds is 51. The number of carbonyl (C=O) groups excluding carboxylic acids is 2. The van der Waals surface area contributed by atoms with Gasteiger partial charge >= 0.3 is 11.9 Å². The van der Waals surface area contributed by atoms with E-state index in [0.717, 1.165) is 135 Å². The highest BCUT2D eigenvalue weighted by Gasteiger charge is 2.17. The first-order chi connectivity index (χ1) is 35.6. The zero-order valence-corrected chi connectivity index (χ0v) is 46.4. The highest BCUT2D eigenvalue weighted by Crippen LogP contribution is 2.13. The monoisotopic (exact) mass is 991 g/mol. The second kappa shape index (κ2) is 60.8. The minimum absolute atomic E-state index is 0.0392. The summed E-state index contributed by atoms with van der Waals surface area (Å²) in [7, 11) is 0. The predicted octanol–water partition coefficient (Wildman–Crippen LogP) is 20.2. The number of esters is 2. The Labute approximate surface area is 444 Å². The van der Waals surface area contributed by atoms with E-state index in [4.69, 9.17) is 14.2 Å². The molecule has 404 valence electrons. The molecule has 0 aromatic carbocycles. The Morgan fingerprint density at radius 3 is 0.972 bits per heavy atom. The van der Waals surface area contributed by atoms with Crippen molar-refractivity contribution in [2.75, 3.05) is 19.8 Å². The van der Waals surface area contributed by atoms with E-state index in [1.54, 1.807) is 0 Å². The van der Waals surface area contributed by atoms with Gasteiger partial charge in [0.25, 0.3) is 0 Å². The van der Waals surface area contributed by atoms with Crippen LogP contribution in [-0.2, 0) is 23.8 Å². The van der Waals surface area contributed by atoms with Gasteiger partial charge in [0.05, 0.1) is 6.61 Å². The Bertz CT molecular complexity index is 1590. The molecule has 0 spiro atoms. The Morgan fingerprint density at radius 1 is 0.306 bits per heavy atom. The smallest absolute Gasteiger partial charge is 0.306 e. The molecular formula is C67H106O5. The van der Waals surface area contributed by atoms with Gasteiger partial charge in [-0.1, -0.05) is 237 Å². The molecule has 0 radical (unpaired) electrons. The molecule has 5 heteroatoms.